The van der Waals surface area contributed by atoms with Crippen molar-refractivity contribution in [1.82, 2.24) is 14.8 Å². The summed E-state index contributed by atoms with van der Waals surface area (Å²) in [6.45, 7) is 5.13. The van der Waals surface area contributed by atoms with Crippen molar-refractivity contribution in [2.24, 2.45) is 11.7 Å². The van der Waals surface area contributed by atoms with Gasteiger partial charge >= 0.3 is 11.8 Å². The van der Waals surface area contributed by atoms with Gasteiger partial charge in [0.25, 0.3) is 5.91 Å². The standard InChI is InChI=1S/C26H35N5O5/c1-16-9-11-21(18-7-6-8-19(13-18)36-15-17(2)30(3)4)31(14-16)26(34)24(33)28-22-12-10-20(23(27)32)25(29-22)35-5/h6-8,10,12-13,16-17,21H,9,11,14-15H2,1-5H3,(H2,27,32)(H,28,29,33)/t16-,17+,21+/m0/s1. The molecule has 1 aromatic carbocycles. The van der Waals surface area contributed by atoms with Crippen molar-refractivity contribution in [3.63, 3.8) is 0 Å². The molecule has 10 heteroatoms. The Morgan fingerprint density at radius 1 is 1.22 bits per heavy atom. The number of amides is 3. The van der Waals surface area contributed by atoms with Gasteiger partial charge in [-0.3, -0.25) is 14.4 Å². The number of nitrogens with one attached hydrogen (secondary N) is 1. The number of nitrogens with two attached hydrogens (primary N) is 1. The van der Waals surface area contributed by atoms with Crippen molar-refractivity contribution in [3.05, 3.63) is 47.5 Å². The van der Waals surface area contributed by atoms with Gasteiger partial charge in [-0.1, -0.05) is 19.1 Å². The van der Waals surface area contributed by atoms with E-state index in [0.717, 1.165) is 24.2 Å². The number of aromatic nitrogens is 1. The first-order valence-electron chi connectivity index (χ1n) is 12.0. The zero-order valence-electron chi connectivity index (χ0n) is 21.5. The summed E-state index contributed by atoms with van der Waals surface area (Å²) in [6, 6.07) is 10.5. The minimum absolute atomic E-state index is 0.0300. The van der Waals surface area contributed by atoms with Gasteiger partial charge in [-0.05, 0) is 69.6 Å². The van der Waals surface area contributed by atoms with Crippen LogP contribution < -0.4 is 20.5 Å². The molecular weight excluding hydrogens is 462 g/mol. The van der Waals surface area contributed by atoms with Crippen molar-refractivity contribution >= 4 is 23.5 Å². The molecule has 0 aliphatic carbocycles. The molecule has 1 fully saturated rings. The number of pyridine rings is 1. The van der Waals surface area contributed by atoms with Gasteiger partial charge in [0.2, 0.25) is 5.88 Å². The number of ether oxygens (including phenoxy) is 2. The van der Waals surface area contributed by atoms with Crippen LogP contribution in [0.2, 0.25) is 0 Å². The Bertz CT molecular complexity index is 1110. The molecule has 2 heterocycles. The largest absolute Gasteiger partial charge is 0.492 e. The molecule has 1 aliphatic heterocycles. The van der Waals surface area contributed by atoms with Crippen LogP contribution in [0, 0.1) is 5.92 Å². The molecule has 3 rings (SSSR count). The van der Waals surface area contributed by atoms with Gasteiger partial charge in [0, 0.05) is 12.6 Å². The monoisotopic (exact) mass is 497 g/mol. The van der Waals surface area contributed by atoms with Crippen LogP contribution >= 0.6 is 0 Å². The number of likely N-dealkylation sites (N-methyl/N-ethyl adjacent to an activating group) is 1. The van der Waals surface area contributed by atoms with E-state index < -0.39 is 17.7 Å². The second-order valence-corrected chi connectivity index (χ2v) is 9.42. The predicted molar refractivity (Wildman–Crippen MR) is 136 cm³/mol. The second kappa shape index (κ2) is 11.9. The summed E-state index contributed by atoms with van der Waals surface area (Å²) in [4.78, 5) is 45.5. The average molecular weight is 498 g/mol. The molecule has 0 saturated carbocycles. The number of anilines is 1. The minimum atomic E-state index is -0.817. The number of primary amides is 1. The highest BCUT2D eigenvalue weighted by atomic mass is 16.5. The first-order chi connectivity index (χ1) is 17.1. The zero-order chi connectivity index (χ0) is 26.4. The normalized spacial score (nSPS) is 18.4. The third kappa shape index (κ3) is 6.51. The van der Waals surface area contributed by atoms with Crippen LogP contribution in [0.1, 0.15) is 48.7 Å². The number of piperidine rings is 1. The summed E-state index contributed by atoms with van der Waals surface area (Å²) >= 11 is 0. The Balaban J connectivity index is 1.77. The molecule has 10 nitrogen and oxygen atoms in total. The fourth-order valence-electron chi connectivity index (χ4n) is 4.05. The number of carbonyl (C=O) groups excluding carboxylic acids is 3. The Morgan fingerprint density at radius 2 is 1.97 bits per heavy atom. The predicted octanol–water partition coefficient (Wildman–Crippen LogP) is 2.46. The molecule has 3 N–H and O–H groups in total. The molecule has 36 heavy (non-hydrogen) atoms. The van der Waals surface area contributed by atoms with E-state index in [4.69, 9.17) is 15.2 Å². The van der Waals surface area contributed by atoms with Crippen LogP contribution in [0.25, 0.3) is 0 Å². The number of carbonyl (C=O) groups is 3. The van der Waals surface area contributed by atoms with E-state index in [0.29, 0.717) is 13.2 Å². The number of benzene rings is 1. The van der Waals surface area contributed by atoms with E-state index in [2.05, 4.69) is 29.0 Å². The van der Waals surface area contributed by atoms with Crippen molar-refractivity contribution in [2.45, 2.75) is 38.8 Å². The summed E-state index contributed by atoms with van der Waals surface area (Å²) < 4.78 is 11.1. The number of rotatable bonds is 8. The van der Waals surface area contributed by atoms with Gasteiger partial charge in [-0.25, -0.2) is 0 Å². The summed E-state index contributed by atoms with van der Waals surface area (Å²) in [5.41, 5.74) is 6.31. The topological polar surface area (TPSA) is 127 Å². The Morgan fingerprint density at radius 3 is 2.64 bits per heavy atom. The van der Waals surface area contributed by atoms with Crippen LogP contribution in [0.15, 0.2) is 36.4 Å². The van der Waals surface area contributed by atoms with Crippen LogP contribution in [0.3, 0.4) is 0 Å². The lowest BCUT2D eigenvalue weighted by Crippen LogP contribution is -2.46. The van der Waals surface area contributed by atoms with Crippen LogP contribution in [-0.2, 0) is 9.59 Å². The molecule has 0 unspecified atom stereocenters. The Hall–Kier alpha value is -3.66. The van der Waals surface area contributed by atoms with Gasteiger partial charge in [0.15, 0.2) is 0 Å². The van der Waals surface area contributed by atoms with Gasteiger partial charge in [0.1, 0.15) is 23.7 Å². The number of nitrogens with zero attached hydrogens (tertiary/aromatic N) is 3. The highest BCUT2D eigenvalue weighted by molar-refractivity contribution is 6.39. The van der Waals surface area contributed by atoms with Crippen LogP contribution in [-0.4, -0.2) is 72.9 Å². The quantitative estimate of drug-likeness (QED) is 0.536. The van der Waals surface area contributed by atoms with Crippen molar-refractivity contribution in [3.8, 4) is 11.6 Å². The van der Waals surface area contributed by atoms with E-state index in [1.54, 1.807) is 4.90 Å². The van der Waals surface area contributed by atoms with E-state index in [-0.39, 0.29) is 35.3 Å². The summed E-state index contributed by atoms with van der Waals surface area (Å²) in [5.74, 6) is -1.14. The van der Waals surface area contributed by atoms with Crippen molar-refractivity contribution < 1.29 is 23.9 Å². The molecule has 1 aromatic heterocycles. The lowest BCUT2D eigenvalue weighted by atomic mass is 9.89. The lowest BCUT2D eigenvalue weighted by Gasteiger charge is -2.38. The molecule has 194 valence electrons. The van der Waals surface area contributed by atoms with Crippen LogP contribution in [0.4, 0.5) is 5.82 Å². The number of methoxy groups -OCH3 is 1. The lowest BCUT2D eigenvalue weighted by molar-refractivity contribution is -0.146. The Labute approximate surface area is 211 Å². The SMILES string of the molecule is COc1nc(NC(=O)C(=O)N2C[C@@H](C)CC[C@@H]2c2cccc(OC[C@@H](C)N(C)C)c2)ccc1C(N)=O. The maximum Gasteiger partial charge on any atom is 0.315 e. The van der Waals surface area contributed by atoms with Gasteiger partial charge in [0.05, 0.1) is 13.2 Å². The maximum atomic E-state index is 13.3. The van der Waals surface area contributed by atoms with Crippen molar-refractivity contribution in [2.75, 3.05) is 39.7 Å². The third-order valence-corrected chi connectivity index (χ3v) is 6.45. The second-order valence-electron chi connectivity index (χ2n) is 9.42. The van der Waals surface area contributed by atoms with E-state index in [1.165, 1.54) is 19.2 Å². The molecule has 0 bridgehead atoms. The molecule has 0 radical (unpaired) electrons. The number of hydrogen-bond acceptors (Lipinski definition) is 7. The van der Waals surface area contributed by atoms with Gasteiger partial charge in [-0.15, -0.1) is 0 Å². The van der Waals surface area contributed by atoms with Crippen LogP contribution in [0.5, 0.6) is 11.6 Å². The molecule has 3 amide bonds. The molecule has 1 aliphatic rings. The fourth-order valence-corrected chi connectivity index (χ4v) is 4.05. The minimum Gasteiger partial charge on any atom is -0.492 e. The highest BCUT2D eigenvalue weighted by Crippen LogP contribution is 2.35. The number of hydrogen-bond donors (Lipinski definition) is 2. The molecule has 0 spiro atoms. The molecule has 2 aromatic rings. The van der Waals surface area contributed by atoms with E-state index in [9.17, 15) is 14.4 Å². The first kappa shape index (κ1) is 26.9. The molecule has 1 saturated heterocycles. The van der Waals surface area contributed by atoms with E-state index in [1.807, 2.05) is 38.4 Å². The van der Waals surface area contributed by atoms with Crippen molar-refractivity contribution in [1.29, 1.82) is 0 Å². The zero-order valence-corrected chi connectivity index (χ0v) is 21.5. The third-order valence-electron chi connectivity index (χ3n) is 6.45. The summed E-state index contributed by atoms with van der Waals surface area (Å²) in [5, 5.41) is 2.52. The Kier molecular flexibility index (Phi) is 8.87. The average Bonchev–Trinajstić information content (AvgIpc) is 2.86. The van der Waals surface area contributed by atoms with E-state index >= 15 is 0 Å². The summed E-state index contributed by atoms with van der Waals surface area (Å²) in [6.07, 6.45) is 1.67. The van der Waals surface area contributed by atoms with Gasteiger partial charge < -0.3 is 30.3 Å². The first-order valence-corrected chi connectivity index (χ1v) is 12.0. The maximum absolute atomic E-state index is 13.3. The highest BCUT2D eigenvalue weighted by Gasteiger charge is 2.34. The summed E-state index contributed by atoms with van der Waals surface area (Å²) in [7, 11) is 5.34. The number of likely N-dealkylation sites (tertiary alicyclic amines) is 1. The van der Waals surface area contributed by atoms with Gasteiger partial charge in [-0.2, -0.15) is 4.98 Å². The molecule has 3 atom stereocenters. The fraction of sp³-hybridized carbons (Fsp3) is 0.462. The smallest absolute Gasteiger partial charge is 0.315 e. The molecular formula is C26H35N5O5.